The number of carbonyl (C=O) groups excluding carboxylic acids is 2. The van der Waals surface area contributed by atoms with E-state index in [1.807, 2.05) is 6.07 Å². The number of hydrogen-bond donors (Lipinski definition) is 1. The van der Waals surface area contributed by atoms with Crippen LogP contribution in [-0.2, 0) is 9.53 Å². The summed E-state index contributed by atoms with van der Waals surface area (Å²) in [6.07, 6.45) is 1.37. The number of amides is 1. The number of hydrogen-bond acceptors (Lipinski definition) is 5. The van der Waals surface area contributed by atoms with Crippen LogP contribution in [0.25, 0.3) is 0 Å². The summed E-state index contributed by atoms with van der Waals surface area (Å²) in [6.45, 7) is -0.451. The molecule has 0 radical (unpaired) electrons. The van der Waals surface area contributed by atoms with E-state index in [0.717, 1.165) is 0 Å². The maximum atomic E-state index is 11.7. The van der Waals surface area contributed by atoms with Crippen molar-refractivity contribution in [3.8, 4) is 6.07 Å². The first-order valence-electron chi connectivity index (χ1n) is 6.17. The molecular weight excluding hydrogens is 306 g/mol. The smallest absolute Gasteiger partial charge is 0.357 e. The van der Waals surface area contributed by atoms with Gasteiger partial charge in [0.2, 0.25) is 0 Å². The first kappa shape index (κ1) is 15.5. The fourth-order valence-corrected chi connectivity index (χ4v) is 1.71. The molecule has 2 aromatic rings. The third-order valence-corrected chi connectivity index (χ3v) is 2.80. The maximum absolute atomic E-state index is 11.7. The molecule has 0 fully saturated rings. The summed E-state index contributed by atoms with van der Waals surface area (Å²) in [5, 5.41) is 11.6. The van der Waals surface area contributed by atoms with Crippen LogP contribution in [-0.4, -0.2) is 23.5 Å². The van der Waals surface area contributed by atoms with Gasteiger partial charge in [0.05, 0.1) is 11.6 Å². The lowest BCUT2D eigenvalue weighted by Gasteiger charge is -2.06. The zero-order valence-corrected chi connectivity index (χ0v) is 12.0. The van der Waals surface area contributed by atoms with Crippen LogP contribution in [0.4, 0.5) is 5.69 Å². The Kier molecular flexibility index (Phi) is 5.07. The van der Waals surface area contributed by atoms with Gasteiger partial charge in [-0.2, -0.15) is 5.26 Å². The largest absolute Gasteiger partial charge is 0.451 e. The van der Waals surface area contributed by atoms with E-state index in [1.165, 1.54) is 18.3 Å². The lowest BCUT2D eigenvalue weighted by Crippen LogP contribution is -2.21. The number of aromatic nitrogens is 1. The van der Waals surface area contributed by atoms with E-state index in [4.69, 9.17) is 21.6 Å². The standard InChI is InChI=1S/C15H10ClN3O3/c16-11-5-6-18-13(7-11)15(21)22-9-14(20)19-12-3-1-10(8-17)2-4-12/h1-7H,9H2,(H,19,20). The van der Waals surface area contributed by atoms with Crippen LogP contribution < -0.4 is 5.32 Å². The highest BCUT2D eigenvalue weighted by atomic mass is 35.5. The number of nitrogens with zero attached hydrogens (tertiary/aromatic N) is 2. The highest BCUT2D eigenvalue weighted by Crippen LogP contribution is 2.10. The first-order valence-corrected chi connectivity index (χ1v) is 6.55. The number of halogens is 1. The van der Waals surface area contributed by atoms with E-state index in [-0.39, 0.29) is 5.69 Å². The quantitative estimate of drug-likeness (QED) is 0.875. The zero-order chi connectivity index (χ0) is 15.9. The predicted molar refractivity (Wildman–Crippen MR) is 79.3 cm³/mol. The van der Waals surface area contributed by atoms with Crippen molar-refractivity contribution in [2.75, 3.05) is 11.9 Å². The summed E-state index contributed by atoms with van der Waals surface area (Å²) in [5.41, 5.74) is 1.01. The SMILES string of the molecule is N#Cc1ccc(NC(=O)COC(=O)c2cc(Cl)ccn2)cc1. The first-order chi connectivity index (χ1) is 10.6. The Labute approximate surface area is 131 Å². The lowest BCUT2D eigenvalue weighted by molar-refractivity contribution is -0.119. The highest BCUT2D eigenvalue weighted by Gasteiger charge is 2.12. The molecule has 6 nitrogen and oxygen atoms in total. The summed E-state index contributed by atoms with van der Waals surface area (Å²) in [6, 6.07) is 11.1. The molecule has 0 atom stereocenters. The molecule has 1 N–H and O–H groups in total. The number of nitrogens with one attached hydrogen (secondary N) is 1. The van der Waals surface area contributed by atoms with Crippen molar-refractivity contribution in [2.24, 2.45) is 0 Å². The molecule has 1 heterocycles. The van der Waals surface area contributed by atoms with E-state index < -0.39 is 18.5 Å². The van der Waals surface area contributed by atoms with Gasteiger partial charge in [0.15, 0.2) is 6.61 Å². The Morgan fingerprint density at radius 2 is 2.00 bits per heavy atom. The van der Waals surface area contributed by atoms with Gasteiger partial charge < -0.3 is 10.1 Å². The number of ether oxygens (including phenoxy) is 1. The van der Waals surface area contributed by atoms with Crippen LogP contribution in [0.1, 0.15) is 16.1 Å². The van der Waals surface area contributed by atoms with Crippen molar-refractivity contribution in [1.82, 2.24) is 4.98 Å². The van der Waals surface area contributed by atoms with E-state index in [9.17, 15) is 9.59 Å². The van der Waals surface area contributed by atoms with Crippen molar-refractivity contribution in [3.05, 3.63) is 58.9 Å². The molecule has 2 rings (SSSR count). The Morgan fingerprint density at radius 1 is 1.27 bits per heavy atom. The molecule has 0 saturated carbocycles. The number of benzene rings is 1. The minimum Gasteiger partial charge on any atom is -0.451 e. The molecule has 110 valence electrons. The summed E-state index contributed by atoms with van der Waals surface area (Å²) in [7, 11) is 0. The normalized spacial score (nSPS) is 9.64. The fourth-order valence-electron chi connectivity index (χ4n) is 1.55. The summed E-state index contributed by atoms with van der Waals surface area (Å²) < 4.78 is 4.84. The van der Waals surface area contributed by atoms with Crippen LogP contribution in [0.2, 0.25) is 5.02 Å². The topological polar surface area (TPSA) is 92.1 Å². The molecule has 0 spiro atoms. The number of nitriles is 1. The van der Waals surface area contributed by atoms with Gasteiger partial charge in [0.1, 0.15) is 5.69 Å². The van der Waals surface area contributed by atoms with Crippen molar-refractivity contribution in [2.45, 2.75) is 0 Å². The number of rotatable bonds is 4. The van der Waals surface area contributed by atoms with E-state index in [0.29, 0.717) is 16.3 Å². The van der Waals surface area contributed by atoms with Gasteiger partial charge >= 0.3 is 5.97 Å². The third kappa shape index (κ3) is 4.30. The van der Waals surface area contributed by atoms with Crippen LogP contribution in [0, 0.1) is 11.3 Å². The minimum absolute atomic E-state index is 0.0265. The number of anilines is 1. The Bertz CT molecular complexity index is 738. The summed E-state index contributed by atoms with van der Waals surface area (Å²) >= 11 is 5.73. The molecule has 0 aliphatic heterocycles. The van der Waals surface area contributed by atoms with Crippen LogP contribution in [0.5, 0.6) is 0 Å². The van der Waals surface area contributed by atoms with Crippen molar-refractivity contribution in [3.63, 3.8) is 0 Å². The molecule has 0 bridgehead atoms. The Balaban J connectivity index is 1.87. The van der Waals surface area contributed by atoms with Crippen molar-refractivity contribution < 1.29 is 14.3 Å². The Morgan fingerprint density at radius 3 is 2.64 bits per heavy atom. The molecular formula is C15H10ClN3O3. The average molecular weight is 316 g/mol. The van der Waals surface area contributed by atoms with Gasteiger partial charge in [0, 0.05) is 16.9 Å². The van der Waals surface area contributed by atoms with Crippen LogP contribution in [0.15, 0.2) is 42.6 Å². The maximum Gasteiger partial charge on any atom is 0.357 e. The summed E-state index contributed by atoms with van der Waals surface area (Å²) in [5.74, 6) is -1.24. The van der Waals surface area contributed by atoms with Gasteiger partial charge in [-0.25, -0.2) is 9.78 Å². The van der Waals surface area contributed by atoms with Gasteiger partial charge in [0.25, 0.3) is 5.91 Å². The van der Waals surface area contributed by atoms with Crippen molar-refractivity contribution >= 4 is 29.2 Å². The predicted octanol–water partition coefficient (Wildman–Crippen LogP) is 2.40. The van der Waals surface area contributed by atoms with Crippen LogP contribution in [0.3, 0.4) is 0 Å². The molecule has 1 amide bonds. The second-order valence-electron chi connectivity index (χ2n) is 4.17. The van der Waals surface area contributed by atoms with E-state index >= 15 is 0 Å². The lowest BCUT2D eigenvalue weighted by atomic mass is 10.2. The number of carbonyl (C=O) groups is 2. The molecule has 1 aromatic carbocycles. The molecule has 0 saturated heterocycles. The summed E-state index contributed by atoms with van der Waals surface area (Å²) in [4.78, 5) is 27.1. The second-order valence-corrected chi connectivity index (χ2v) is 4.61. The second kappa shape index (κ2) is 7.20. The van der Waals surface area contributed by atoms with E-state index in [2.05, 4.69) is 10.3 Å². The monoisotopic (exact) mass is 315 g/mol. The van der Waals surface area contributed by atoms with E-state index in [1.54, 1.807) is 24.3 Å². The molecule has 22 heavy (non-hydrogen) atoms. The number of esters is 1. The molecule has 7 heteroatoms. The molecule has 0 aliphatic carbocycles. The molecule has 1 aromatic heterocycles. The number of pyridine rings is 1. The Hall–Kier alpha value is -2.91. The van der Waals surface area contributed by atoms with Gasteiger partial charge in [-0.05, 0) is 36.4 Å². The average Bonchev–Trinajstić information content (AvgIpc) is 2.53. The third-order valence-electron chi connectivity index (χ3n) is 2.56. The van der Waals surface area contributed by atoms with Crippen LogP contribution >= 0.6 is 11.6 Å². The highest BCUT2D eigenvalue weighted by molar-refractivity contribution is 6.30. The molecule has 0 unspecified atom stereocenters. The van der Waals surface area contributed by atoms with Crippen molar-refractivity contribution in [1.29, 1.82) is 5.26 Å². The van der Waals surface area contributed by atoms with Gasteiger partial charge in [-0.15, -0.1) is 0 Å². The zero-order valence-electron chi connectivity index (χ0n) is 11.2. The minimum atomic E-state index is -0.738. The van der Waals surface area contributed by atoms with Gasteiger partial charge in [-0.1, -0.05) is 11.6 Å². The van der Waals surface area contributed by atoms with Gasteiger partial charge in [-0.3, -0.25) is 4.79 Å². The fraction of sp³-hybridized carbons (Fsp3) is 0.0667. The molecule has 0 aliphatic rings.